The number of nitrogen functional groups attached to an aromatic ring is 1. The molecule has 0 spiro atoms. The summed E-state index contributed by atoms with van der Waals surface area (Å²) in [6.45, 7) is 17.1. The van der Waals surface area contributed by atoms with Crippen LogP contribution in [0, 0.1) is 11.8 Å². The molecule has 13 nitrogen and oxygen atoms in total. The first-order chi connectivity index (χ1) is 19.0. The number of ether oxygens (including phenoxy) is 3. The summed E-state index contributed by atoms with van der Waals surface area (Å²) in [4.78, 5) is 38.3. The lowest BCUT2D eigenvalue weighted by atomic mass is 10.1. The molecule has 41 heavy (non-hydrogen) atoms. The van der Waals surface area contributed by atoms with E-state index >= 15 is 0 Å². The summed E-state index contributed by atoms with van der Waals surface area (Å²) < 4.78 is 33.0. The molecule has 0 bridgehead atoms. The van der Waals surface area contributed by atoms with Crippen LogP contribution in [0.2, 0.25) is 0 Å². The van der Waals surface area contributed by atoms with E-state index in [0.29, 0.717) is 42.4 Å². The van der Waals surface area contributed by atoms with Crippen molar-refractivity contribution in [2.24, 2.45) is 11.8 Å². The molecule has 0 fully saturated rings. The highest BCUT2D eigenvalue weighted by Gasteiger charge is 2.43. The molecular weight excluding hydrogens is 549 g/mol. The van der Waals surface area contributed by atoms with E-state index in [1.165, 1.54) is 6.33 Å². The Morgan fingerprint density at radius 1 is 0.927 bits per heavy atom. The summed E-state index contributed by atoms with van der Waals surface area (Å²) in [7, 11) is -3.77. The molecule has 0 aliphatic rings. The number of imidazole rings is 1. The van der Waals surface area contributed by atoms with Crippen molar-refractivity contribution in [3.05, 3.63) is 12.7 Å². The zero-order valence-electron chi connectivity index (χ0n) is 25.9. The molecule has 0 radical (unpaired) electrons. The molecule has 0 aliphatic carbocycles. The summed E-state index contributed by atoms with van der Waals surface area (Å²) in [6.07, 6.45) is 3.55. The average Bonchev–Trinajstić information content (AvgIpc) is 3.25. The van der Waals surface area contributed by atoms with Crippen LogP contribution in [0.15, 0.2) is 12.7 Å². The van der Waals surface area contributed by atoms with Crippen molar-refractivity contribution in [1.29, 1.82) is 0 Å². The molecule has 2 aromatic heterocycles. The largest absolute Gasteiger partial charge is 0.464 e. The maximum absolute atomic E-state index is 14.4. The van der Waals surface area contributed by atoms with Crippen molar-refractivity contribution in [2.75, 3.05) is 25.3 Å². The molecule has 0 aromatic carbocycles. The van der Waals surface area contributed by atoms with Gasteiger partial charge in [-0.15, -0.1) is 0 Å². The lowest BCUT2D eigenvalue weighted by Crippen LogP contribution is -2.54. The molecule has 0 saturated carbocycles. The Morgan fingerprint density at radius 2 is 1.44 bits per heavy atom. The summed E-state index contributed by atoms with van der Waals surface area (Å²) in [5.41, 5.74) is 4.21. The van der Waals surface area contributed by atoms with Gasteiger partial charge in [0.15, 0.2) is 11.5 Å². The van der Waals surface area contributed by atoms with E-state index in [1.54, 1.807) is 45.5 Å². The standard InChI is InChI=1S/C27H48N7O6P/c1-18(2)10-12-38-24(35)26(6,7)32-41(37,33-27(8,9)25(36)39-13-11-19(3)4)17-40-20(5)14-34-16-31-21-22(28)29-15-30-23(21)34/h15-16,18-20H,10-14,17H2,1-9H3,(H2,28,29,30)(H2,32,33,37)/t20-/m1/s1. The Balaban J connectivity index is 2.20. The highest BCUT2D eigenvalue weighted by atomic mass is 31.2. The lowest BCUT2D eigenvalue weighted by molar-refractivity contribution is -0.150. The number of nitrogens with zero attached hydrogens (tertiary/aromatic N) is 4. The number of fused-ring (bicyclic) bond motifs is 1. The molecule has 1 atom stereocenters. The Morgan fingerprint density at radius 3 is 1.93 bits per heavy atom. The second-order valence-corrected chi connectivity index (χ2v) is 14.5. The quantitative estimate of drug-likeness (QED) is 0.178. The third-order valence-corrected chi connectivity index (χ3v) is 8.57. The van der Waals surface area contributed by atoms with E-state index in [9.17, 15) is 14.2 Å². The van der Waals surface area contributed by atoms with Gasteiger partial charge < -0.3 is 24.5 Å². The Bertz CT molecular complexity index is 1170. The smallest absolute Gasteiger partial charge is 0.326 e. The fourth-order valence-electron chi connectivity index (χ4n) is 3.82. The second-order valence-electron chi connectivity index (χ2n) is 12.3. The minimum absolute atomic E-state index is 0.244. The van der Waals surface area contributed by atoms with E-state index < -0.39 is 36.6 Å². The van der Waals surface area contributed by atoms with Gasteiger partial charge in [-0.25, -0.2) is 25.1 Å². The number of nitrogens with one attached hydrogen (secondary N) is 2. The molecule has 0 saturated heterocycles. The molecule has 232 valence electrons. The highest BCUT2D eigenvalue weighted by Crippen LogP contribution is 2.42. The second kappa shape index (κ2) is 14.5. The van der Waals surface area contributed by atoms with Crippen molar-refractivity contribution < 1.29 is 28.4 Å². The molecule has 0 aliphatic heterocycles. The maximum atomic E-state index is 14.4. The van der Waals surface area contributed by atoms with Crippen molar-refractivity contribution >= 4 is 36.4 Å². The number of rotatable bonds is 17. The molecular formula is C27H48N7O6P. The van der Waals surface area contributed by atoms with Crippen molar-refractivity contribution in [3.63, 3.8) is 0 Å². The molecule has 2 aromatic rings. The van der Waals surface area contributed by atoms with Gasteiger partial charge in [-0.2, -0.15) is 0 Å². The van der Waals surface area contributed by atoms with Crippen LogP contribution in [-0.2, 0) is 34.9 Å². The van der Waals surface area contributed by atoms with Crippen LogP contribution in [0.1, 0.15) is 75.2 Å². The van der Waals surface area contributed by atoms with E-state index in [1.807, 2.05) is 27.7 Å². The number of carbonyl (C=O) groups excluding carboxylic acids is 2. The summed E-state index contributed by atoms with van der Waals surface area (Å²) in [5.74, 6) is -0.134. The van der Waals surface area contributed by atoms with Crippen molar-refractivity contribution in [2.45, 2.75) is 98.9 Å². The van der Waals surface area contributed by atoms with E-state index in [0.717, 1.165) is 0 Å². The van der Waals surface area contributed by atoms with Crippen LogP contribution >= 0.6 is 7.44 Å². The van der Waals surface area contributed by atoms with Gasteiger partial charge in [-0.1, -0.05) is 27.7 Å². The number of hydrogen-bond donors (Lipinski definition) is 3. The number of esters is 2. The number of nitrogens with two attached hydrogens (primary N) is 1. The van der Waals surface area contributed by atoms with Gasteiger partial charge in [0.05, 0.1) is 32.2 Å². The predicted octanol–water partition coefficient (Wildman–Crippen LogP) is 3.88. The topological polar surface area (TPSA) is 173 Å². The Labute approximate surface area is 243 Å². The minimum Gasteiger partial charge on any atom is -0.464 e. The van der Waals surface area contributed by atoms with Gasteiger partial charge >= 0.3 is 11.9 Å². The third kappa shape index (κ3) is 10.6. The number of hydrogen-bond acceptors (Lipinski definition) is 10. The number of anilines is 1. The normalized spacial score (nSPS) is 13.6. The SMILES string of the molecule is CC(C)CCOC(=O)C(C)(C)NP(=O)(CO[C@H](C)Cn1cnc2c(N)ncnc21)NC(C)(C)C(=O)OCCC(C)C. The van der Waals surface area contributed by atoms with Gasteiger partial charge in [0.1, 0.15) is 29.3 Å². The molecule has 14 heteroatoms. The van der Waals surface area contributed by atoms with E-state index in [4.69, 9.17) is 19.9 Å². The first-order valence-corrected chi connectivity index (χ1v) is 15.9. The van der Waals surface area contributed by atoms with Gasteiger partial charge in [-0.3, -0.25) is 14.2 Å². The third-order valence-electron chi connectivity index (χ3n) is 6.22. The minimum atomic E-state index is -3.77. The summed E-state index contributed by atoms with van der Waals surface area (Å²) >= 11 is 0. The average molecular weight is 598 g/mol. The molecule has 0 unspecified atom stereocenters. The fraction of sp³-hybridized carbons (Fsp3) is 0.741. The van der Waals surface area contributed by atoms with Crippen LogP contribution in [0.5, 0.6) is 0 Å². The van der Waals surface area contributed by atoms with Gasteiger partial charge in [0.25, 0.3) is 0 Å². The first kappa shape index (κ1) is 34.6. The van der Waals surface area contributed by atoms with Crippen LogP contribution in [0.3, 0.4) is 0 Å². The van der Waals surface area contributed by atoms with Crippen LogP contribution < -0.4 is 15.9 Å². The van der Waals surface area contributed by atoms with Crippen LogP contribution in [0.25, 0.3) is 11.2 Å². The monoisotopic (exact) mass is 597 g/mol. The summed E-state index contributed by atoms with van der Waals surface area (Å²) in [5, 5.41) is 5.85. The Hall–Kier alpha value is -2.60. The van der Waals surface area contributed by atoms with Crippen molar-refractivity contribution in [3.8, 4) is 0 Å². The van der Waals surface area contributed by atoms with Gasteiger partial charge in [-0.05, 0) is 59.3 Å². The van der Waals surface area contributed by atoms with E-state index in [2.05, 4.69) is 25.1 Å². The van der Waals surface area contributed by atoms with Crippen LogP contribution in [-0.4, -0.2) is 68.2 Å². The van der Waals surface area contributed by atoms with Crippen LogP contribution in [0.4, 0.5) is 5.82 Å². The molecule has 4 N–H and O–H groups in total. The summed E-state index contributed by atoms with van der Waals surface area (Å²) in [6, 6.07) is 0. The first-order valence-electron chi connectivity index (χ1n) is 14.0. The molecule has 0 amide bonds. The lowest BCUT2D eigenvalue weighted by Gasteiger charge is -2.35. The Kier molecular flexibility index (Phi) is 12.3. The van der Waals surface area contributed by atoms with Gasteiger partial charge in [0.2, 0.25) is 7.44 Å². The number of aromatic nitrogens is 4. The number of carbonyl (C=O) groups is 2. The predicted molar refractivity (Wildman–Crippen MR) is 158 cm³/mol. The zero-order chi connectivity index (χ0) is 31.0. The molecule has 2 rings (SSSR count). The molecule has 2 heterocycles. The maximum Gasteiger partial charge on any atom is 0.326 e. The zero-order valence-corrected chi connectivity index (χ0v) is 26.8. The van der Waals surface area contributed by atoms with Crippen molar-refractivity contribution in [1.82, 2.24) is 29.7 Å². The highest BCUT2D eigenvalue weighted by molar-refractivity contribution is 7.59. The van der Waals surface area contributed by atoms with E-state index in [-0.39, 0.29) is 25.4 Å². The van der Waals surface area contributed by atoms with Gasteiger partial charge in [0, 0.05) is 0 Å². The fourth-order valence-corrected chi connectivity index (χ4v) is 6.45.